The van der Waals surface area contributed by atoms with Gasteiger partial charge < -0.3 is 4.74 Å². The van der Waals surface area contributed by atoms with Crippen molar-refractivity contribution < 1.29 is 9.13 Å². The Morgan fingerprint density at radius 1 is 0.917 bits per heavy atom. The van der Waals surface area contributed by atoms with Crippen molar-refractivity contribution in [1.29, 1.82) is 0 Å². The lowest BCUT2D eigenvalue weighted by atomic mass is 10.1. The quantitative estimate of drug-likeness (QED) is 0.579. The highest BCUT2D eigenvalue weighted by atomic mass is 19.1. The molecule has 4 aromatic rings. The molecule has 0 radical (unpaired) electrons. The fraction of sp³-hybridized carbons (Fsp3) is 0.0556. The standard InChI is InChI=1S/C18H13FN4O/c1-24-15-8-4-13(5-9-15)17-21-18-20-11-10-16(23(18)22-17)12-2-6-14(19)7-3-12/h2-11H,1H3. The van der Waals surface area contributed by atoms with Gasteiger partial charge in [-0.2, -0.15) is 9.50 Å². The molecule has 2 heterocycles. The largest absolute Gasteiger partial charge is 0.497 e. The molecule has 0 unspecified atom stereocenters. The Balaban J connectivity index is 1.83. The van der Waals surface area contributed by atoms with Crippen LogP contribution in [0.2, 0.25) is 0 Å². The van der Waals surface area contributed by atoms with E-state index in [9.17, 15) is 4.39 Å². The van der Waals surface area contributed by atoms with Gasteiger partial charge in [0.1, 0.15) is 11.6 Å². The summed E-state index contributed by atoms with van der Waals surface area (Å²) < 4.78 is 20.0. The van der Waals surface area contributed by atoms with E-state index in [2.05, 4.69) is 15.1 Å². The zero-order chi connectivity index (χ0) is 16.5. The van der Waals surface area contributed by atoms with Crippen LogP contribution in [-0.2, 0) is 0 Å². The summed E-state index contributed by atoms with van der Waals surface area (Å²) in [7, 11) is 1.62. The van der Waals surface area contributed by atoms with E-state index in [4.69, 9.17) is 4.74 Å². The predicted octanol–water partition coefficient (Wildman–Crippen LogP) is 3.61. The Bertz CT molecular complexity index is 994. The molecule has 0 saturated carbocycles. The Labute approximate surface area is 137 Å². The minimum Gasteiger partial charge on any atom is -0.497 e. The number of rotatable bonds is 3. The topological polar surface area (TPSA) is 52.3 Å². The molecular formula is C18H13FN4O. The fourth-order valence-electron chi connectivity index (χ4n) is 2.50. The Hall–Kier alpha value is -3.28. The lowest BCUT2D eigenvalue weighted by Crippen LogP contribution is -1.96. The van der Waals surface area contributed by atoms with E-state index in [0.717, 1.165) is 22.6 Å². The molecule has 5 nitrogen and oxygen atoms in total. The average molecular weight is 320 g/mol. The molecule has 4 rings (SSSR count). The normalized spacial score (nSPS) is 10.9. The van der Waals surface area contributed by atoms with Crippen LogP contribution in [-0.4, -0.2) is 26.7 Å². The van der Waals surface area contributed by atoms with E-state index in [1.54, 1.807) is 30.0 Å². The van der Waals surface area contributed by atoms with E-state index in [-0.39, 0.29) is 5.82 Å². The molecule has 0 N–H and O–H groups in total. The van der Waals surface area contributed by atoms with Crippen LogP contribution in [0.1, 0.15) is 0 Å². The molecule has 0 fully saturated rings. The first-order chi connectivity index (χ1) is 11.7. The molecule has 0 aliphatic rings. The van der Waals surface area contributed by atoms with Crippen molar-refractivity contribution in [1.82, 2.24) is 19.6 Å². The fourth-order valence-corrected chi connectivity index (χ4v) is 2.50. The van der Waals surface area contributed by atoms with E-state index in [1.807, 2.05) is 30.3 Å². The van der Waals surface area contributed by atoms with Crippen LogP contribution in [0, 0.1) is 5.82 Å². The summed E-state index contributed by atoms with van der Waals surface area (Å²) in [6.45, 7) is 0. The van der Waals surface area contributed by atoms with Crippen LogP contribution in [0.5, 0.6) is 5.75 Å². The second-order valence-corrected chi connectivity index (χ2v) is 5.21. The smallest absolute Gasteiger partial charge is 0.253 e. The molecule has 0 spiro atoms. The van der Waals surface area contributed by atoms with Gasteiger partial charge in [0.05, 0.1) is 12.8 Å². The molecule has 0 amide bonds. The van der Waals surface area contributed by atoms with E-state index < -0.39 is 0 Å². The van der Waals surface area contributed by atoms with Crippen LogP contribution < -0.4 is 4.74 Å². The van der Waals surface area contributed by atoms with Crippen molar-refractivity contribution in [3.8, 4) is 28.4 Å². The van der Waals surface area contributed by atoms with Crippen LogP contribution >= 0.6 is 0 Å². The van der Waals surface area contributed by atoms with Crippen LogP contribution in [0.4, 0.5) is 4.39 Å². The van der Waals surface area contributed by atoms with Crippen LogP contribution in [0.25, 0.3) is 28.4 Å². The number of aromatic nitrogens is 4. The monoisotopic (exact) mass is 320 g/mol. The van der Waals surface area contributed by atoms with Gasteiger partial charge in [-0.25, -0.2) is 9.37 Å². The molecule has 0 aliphatic heterocycles. The summed E-state index contributed by atoms with van der Waals surface area (Å²) in [6.07, 6.45) is 1.67. The third kappa shape index (κ3) is 2.48. The van der Waals surface area contributed by atoms with Gasteiger partial charge in [0.2, 0.25) is 0 Å². The first-order valence-corrected chi connectivity index (χ1v) is 7.37. The number of ether oxygens (including phenoxy) is 1. The molecular weight excluding hydrogens is 307 g/mol. The molecule has 24 heavy (non-hydrogen) atoms. The molecule has 0 bridgehead atoms. The highest BCUT2D eigenvalue weighted by molar-refractivity contribution is 5.64. The van der Waals surface area contributed by atoms with Crippen LogP contribution in [0.3, 0.4) is 0 Å². The van der Waals surface area contributed by atoms with Crippen molar-refractivity contribution >= 4 is 5.78 Å². The van der Waals surface area contributed by atoms with Crippen molar-refractivity contribution in [3.63, 3.8) is 0 Å². The van der Waals surface area contributed by atoms with Gasteiger partial charge in [-0.1, -0.05) is 0 Å². The van der Waals surface area contributed by atoms with Gasteiger partial charge in [0.15, 0.2) is 5.82 Å². The van der Waals surface area contributed by atoms with Gasteiger partial charge in [-0.15, -0.1) is 5.10 Å². The van der Waals surface area contributed by atoms with Gasteiger partial charge in [-0.3, -0.25) is 0 Å². The first kappa shape index (κ1) is 14.3. The van der Waals surface area contributed by atoms with Crippen LogP contribution in [0.15, 0.2) is 60.8 Å². The number of hydrogen-bond acceptors (Lipinski definition) is 4. The van der Waals surface area contributed by atoms with Gasteiger partial charge in [-0.05, 0) is 54.6 Å². The maximum absolute atomic E-state index is 13.1. The van der Waals surface area contributed by atoms with Gasteiger partial charge in [0, 0.05) is 17.3 Å². The molecule has 2 aromatic carbocycles. The van der Waals surface area contributed by atoms with E-state index in [1.165, 1.54) is 12.1 Å². The number of methoxy groups -OCH3 is 1. The third-order valence-electron chi connectivity index (χ3n) is 3.73. The minimum absolute atomic E-state index is 0.276. The van der Waals surface area contributed by atoms with Crippen molar-refractivity contribution in [2.45, 2.75) is 0 Å². The van der Waals surface area contributed by atoms with Crippen molar-refractivity contribution in [2.75, 3.05) is 7.11 Å². The number of benzene rings is 2. The SMILES string of the molecule is COc1ccc(-c2nc3nccc(-c4ccc(F)cc4)n3n2)cc1. The molecule has 0 atom stereocenters. The summed E-state index contributed by atoms with van der Waals surface area (Å²) in [5, 5.41) is 4.55. The minimum atomic E-state index is -0.276. The number of hydrogen-bond donors (Lipinski definition) is 0. The second kappa shape index (κ2) is 5.73. The summed E-state index contributed by atoms with van der Waals surface area (Å²) in [5.74, 6) is 1.55. The molecule has 118 valence electrons. The lowest BCUT2D eigenvalue weighted by molar-refractivity contribution is 0.415. The Kier molecular flexibility index (Phi) is 3.42. The highest BCUT2D eigenvalue weighted by Gasteiger charge is 2.11. The summed E-state index contributed by atoms with van der Waals surface area (Å²) >= 11 is 0. The maximum Gasteiger partial charge on any atom is 0.253 e. The Morgan fingerprint density at radius 2 is 1.62 bits per heavy atom. The maximum atomic E-state index is 13.1. The van der Waals surface area contributed by atoms with Crippen molar-refractivity contribution in [3.05, 3.63) is 66.6 Å². The summed E-state index contributed by atoms with van der Waals surface area (Å²) in [6, 6.07) is 15.6. The Morgan fingerprint density at radius 3 is 2.33 bits per heavy atom. The van der Waals surface area contributed by atoms with E-state index >= 15 is 0 Å². The number of nitrogens with zero attached hydrogens (tertiary/aromatic N) is 4. The summed E-state index contributed by atoms with van der Waals surface area (Å²) in [4.78, 5) is 8.72. The van der Waals surface area contributed by atoms with Gasteiger partial charge >= 0.3 is 0 Å². The van der Waals surface area contributed by atoms with E-state index in [0.29, 0.717) is 11.6 Å². The number of halogens is 1. The molecule has 0 saturated heterocycles. The van der Waals surface area contributed by atoms with Crippen molar-refractivity contribution in [2.24, 2.45) is 0 Å². The van der Waals surface area contributed by atoms with Gasteiger partial charge in [0.25, 0.3) is 5.78 Å². The number of fused-ring (bicyclic) bond motifs is 1. The predicted molar refractivity (Wildman–Crippen MR) is 88.2 cm³/mol. The first-order valence-electron chi connectivity index (χ1n) is 7.37. The zero-order valence-electron chi connectivity index (χ0n) is 12.8. The second-order valence-electron chi connectivity index (χ2n) is 5.21. The molecule has 2 aromatic heterocycles. The third-order valence-corrected chi connectivity index (χ3v) is 3.73. The molecule has 6 heteroatoms. The molecule has 0 aliphatic carbocycles. The average Bonchev–Trinajstić information content (AvgIpc) is 3.07. The lowest BCUT2D eigenvalue weighted by Gasteiger charge is -2.03. The highest BCUT2D eigenvalue weighted by Crippen LogP contribution is 2.23. The summed E-state index contributed by atoms with van der Waals surface area (Å²) in [5.41, 5.74) is 2.51. The zero-order valence-corrected chi connectivity index (χ0v) is 12.8.